The van der Waals surface area contributed by atoms with Gasteiger partial charge in [0.05, 0.1) is 24.2 Å². The van der Waals surface area contributed by atoms with Crippen molar-refractivity contribution in [3.63, 3.8) is 0 Å². The van der Waals surface area contributed by atoms with Crippen LogP contribution in [0.1, 0.15) is 20.3 Å². The molecule has 1 saturated heterocycles. The van der Waals surface area contributed by atoms with Gasteiger partial charge < -0.3 is 14.9 Å². The molecule has 0 aliphatic carbocycles. The second-order valence-electron chi connectivity index (χ2n) is 3.30. The Morgan fingerprint density at radius 3 is 2.50 bits per heavy atom. The van der Waals surface area contributed by atoms with E-state index in [0.717, 1.165) is 0 Å². The maximum atomic E-state index is 10.6. The summed E-state index contributed by atoms with van der Waals surface area (Å²) < 4.78 is 5.27. The Morgan fingerprint density at radius 2 is 2.25 bits per heavy atom. The van der Waals surface area contributed by atoms with Crippen LogP contribution < -0.4 is 0 Å². The van der Waals surface area contributed by atoms with Crippen molar-refractivity contribution in [2.45, 2.75) is 38.6 Å². The summed E-state index contributed by atoms with van der Waals surface area (Å²) in [6, 6.07) is 0. The Kier molecular flexibility index (Phi) is 2.69. The Labute approximate surface area is 71.2 Å². The number of aliphatic carboxylic acids is 1. The van der Waals surface area contributed by atoms with Gasteiger partial charge in [-0.3, -0.25) is 4.79 Å². The molecular weight excluding hydrogens is 160 g/mol. The molecule has 0 amide bonds. The van der Waals surface area contributed by atoms with Crippen LogP contribution in [0.25, 0.3) is 0 Å². The molecule has 0 unspecified atom stereocenters. The van der Waals surface area contributed by atoms with E-state index in [0.29, 0.717) is 6.42 Å². The number of hydrogen-bond acceptors (Lipinski definition) is 3. The average Bonchev–Trinajstić information content (AvgIpc) is 2.30. The maximum Gasteiger partial charge on any atom is 0.309 e. The zero-order valence-corrected chi connectivity index (χ0v) is 7.23. The van der Waals surface area contributed by atoms with Gasteiger partial charge in [-0.1, -0.05) is 0 Å². The predicted octanol–water partition coefficient (Wildman–Crippen LogP) is 0.245. The quantitative estimate of drug-likeness (QED) is 0.629. The Bertz CT molecular complexity index is 178. The Hall–Kier alpha value is -0.610. The molecule has 1 rings (SSSR count). The third-order valence-electron chi connectivity index (χ3n) is 2.30. The molecule has 0 spiro atoms. The van der Waals surface area contributed by atoms with Crippen LogP contribution in [0, 0.1) is 5.92 Å². The van der Waals surface area contributed by atoms with E-state index < -0.39 is 18.0 Å². The first-order valence-corrected chi connectivity index (χ1v) is 4.08. The molecular formula is C8H14O4. The molecule has 0 aromatic heterocycles. The van der Waals surface area contributed by atoms with Crippen LogP contribution in [0.5, 0.6) is 0 Å². The molecule has 4 heteroatoms. The third kappa shape index (κ3) is 1.76. The summed E-state index contributed by atoms with van der Waals surface area (Å²) in [5.74, 6) is -1.31. The fourth-order valence-electron chi connectivity index (χ4n) is 1.48. The fraction of sp³-hybridized carbons (Fsp3) is 0.875. The highest BCUT2D eigenvalue weighted by molar-refractivity contribution is 5.71. The van der Waals surface area contributed by atoms with E-state index in [9.17, 15) is 4.79 Å². The number of hydrogen-bond donors (Lipinski definition) is 2. The zero-order valence-electron chi connectivity index (χ0n) is 7.23. The minimum absolute atomic E-state index is 0.290. The first-order chi connectivity index (χ1) is 5.52. The molecule has 0 aromatic carbocycles. The van der Waals surface area contributed by atoms with Crippen LogP contribution in [-0.4, -0.2) is 34.5 Å². The highest BCUT2D eigenvalue weighted by atomic mass is 16.5. The lowest BCUT2D eigenvalue weighted by molar-refractivity contribution is -0.143. The van der Waals surface area contributed by atoms with Gasteiger partial charge >= 0.3 is 5.97 Å². The number of aliphatic hydroxyl groups is 1. The van der Waals surface area contributed by atoms with Gasteiger partial charge in [-0.25, -0.2) is 0 Å². The molecule has 4 nitrogen and oxygen atoms in total. The van der Waals surface area contributed by atoms with Crippen LogP contribution in [0.4, 0.5) is 0 Å². The first-order valence-electron chi connectivity index (χ1n) is 4.08. The van der Waals surface area contributed by atoms with Gasteiger partial charge in [-0.05, 0) is 20.3 Å². The lowest BCUT2D eigenvalue weighted by Gasteiger charge is -2.12. The molecule has 4 atom stereocenters. The summed E-state index contributed by atoms with van der Waals surface area (Å²) >= 11 is 0. The average molecular weight is 174 g/mol. The van der Waals surface area contributed by atoms with Crippen LogP contribution in [0.15, 0.2) is 0 Å². The van der Waals surface area contributed by atoms with Gasteiger partial charge in [-0.15, -0.1) is 0 Å². The largest absolute Gasteiger partial charge is 0.481 e. The first kappa shape index (κ1) is 9.48. The highest BCUT2D eigenvalue weighted by Gasteiger charge is 2.38. The summed E-state index contributed by atoms with van der Waals surface area (Å²) in [6.07, 6.45) is -0.784. The highest BCUT2D eigenvalue weighted by Crippen LogP contribution is 2.28. The van der Waals surface area contributed by atoms with E-state index in [-0.39, 0.29) is 12.2 Å². The third-order valence-corrected chi connectivity index (χ3v) is 2.30. The number of carboxylic acid groups (broad SMARTS) is 1. The SMILES string of the molecule is C[C@H](O)[C@@H]1C[C@H](C(=O)O)[C@H](C)O1. The molecule has 0 saturated carbocycles. The van der Waals surface area contributed by atoms with Crippen molar-refractivity contribution in [1.29, 1.82) is 0 Å². The molecule has 0 radical (unpaired) electrons. The second kappa shape index (κ2) is 3.41. The molecule has 1 heterocycles. The summed E-state index contributed by atoms with van der Waals surface area (Å²) in [7, 11) is 0. The predicted molar refractivity (Wildman–Crippen MR) is 41.8 cm³/mol. The van der Waals surface area contributed by atoms with E-state index in [4.69, 9.17) is 14.9 Å². The smallest absolute Gasteiger partial charge is 0.309 e. The van der Waals surface area contributed by atoms with E-state index >= 15 is 0 Å². The van der Waals surface area contributed by atoms with E-state index in [1.807, 2.05) is 0 Å². The van der Waals surface area contributed by atoms with Crippen LogP contribution >= 0.6 is 0 Å². The van der Waals surface area contributed by atoms with Crippen molar-refractivity contribution in [2.24, 2.45) is 5.92 Å². The number of ether oxygens (including phenoxy) is 1. The maximum absolute atomic E-state index is 10.6. The van der Waals surface area contributed by atoms with E-state index in [2.05, 4.69) is 0 Å². The fourth-order valence-corrected chi connectivity index (χ4v) is 1.48. The number of carbonyl (C=O) groups is 1. The lowest BCUT2D eigenvalue weighted by Crippen LogP contribution is -2.22. The Balaban J connectivity index is 2.56. The Morgan fingerprint density at radius 1 is 1.67 bits per heavy atom. The van der Waals surface area contributed by atoms with Gasteiger partial charge in [0.1, 0.15) is 0 Å². The summed E-state index contributed by atoms with van der Waals surface area (Å²) in [5.41, 5.74) is 0. The van der Waals surface area contributed by atoms with Crippen LogP contribution in [0.2, 0.25) is 0 Å². The van der Waals surface area contributed by atoms with Crippen LogP contribution in [0.3, 0.4) is 0 Å². The molecule has 70 valence electrons. The van der Waals surface area contributed by atoms with Crippen LogP contribution in [-0.2, 0) is 9.53 Å². The van der Waals surface area contributed by atoms with Crippen molar-refractivity contribution in [3.05, 3.63) is 0 Å². The monoisotopic (exact) mass is 174 g/mol. The van der Waals surface area contributed by atoms with E-state index in [1.54, 1.807) is 13.8 Å². The molecule has 1 aliphatic heterocycles. The lowest BCUT2D eigenvalue weighted by atomic mass is 9.99. The summed E-state index contributed by atoms with van der Waals surface area (Å²) in [6.45, 7) is 3.34. The topological polar surface area (TPSA) is 66.8 Å². The minimum Gasteiger partial charge on any atom is -0.481 e. The molecule has 0 aromatic rings. The molecule has 0 bridgehead atoms. The zero-order chi connectivity index (χ0) is 9.30. The molecule has 2 N–H and O–H groups in total. The second-order valence-corrected chi connectivity index (χ2v) is 3.30. The van der Waals surface area contributed by atoms with Crippen molar-refractivity contribution in [3.8, 4) is 0 Å². The normalized spacial score (nSPS) is 38.1. The molecule has 12 heavy (non-hydrogen) atoms. The number of carboxylic acids is 1. The van der Waals surface area contributed by atoms with Crippen molar-refractivity contribution in [1.82, 2.24) is 0 Å². The van der Waals surface area contributed by atoms with E-state index in [1.165, 1.54) is 0 Å². The van der Waals surface area contributed by atoms with Crippen molar-refractivity contribution >= 4 is 5.97 Å². The number of rotatable bonds is 2. The minimum atomic E-state index is -0.842. The van der Waals surface area contributed by atoms with Crippen molar-refractivity contribution in [2.75, 3.05) is 0 Å². The molecule has 1 aliphatic rings. The number of aliphatic hydroxyl groups excluding tert-OH is 1. The molecule has 1 fully saturated rings. The van der Waals surface area contributed by atoms with Gasteiger partial charge in [-0.2, -0.15) is 0 Å². The van der Waals surface area contributed by atoms with Crippen molar-refractivity contribution < 1.29 is 19.7 Å². The van der Waals surface area contributed by atoms with Gasteiger partial charge in [0.2, 0.25) is 0 Å². The standard InChI is InChI=1S/C8H14O4/c1-4(9)7-3-6(8(10)11)5(2)12-7/h4-7,9H,3H2,1-2H3,(H,10,11)/t4-,5-,6-,7-/m0/s1. The summed E-state index contributed by atoms with van der Waals surface area (Å²) in [4.78, 5) is 10.6. The van der Waals surface area contributed by atoms with Gasteiger partial charge in [0.25, 0.3) is 0 Å². The van der Waals surface area contributed by atoms with Gasteiger partial charge in [0, 0.05) is 0 Å². The van der Waals surface area contributed by atoms with Gasteiger partial charge in [0.15, 0.2) is 0 Å². The summed E-state index contributed by atoms with van der Waals surface area (Å²) in [5, 5.41) is 17.9.